The Morgan fingerprint density at radius 3 is 2.66 bits per heavy atom. The lowest BCUT2D eigenvalue weighted by molar-refractivity contribution is 0.0683. The molecule has 8 heteroatoms. The molecular formula is C21H32N6O2. The van der Waals surface area contributed by atoms with Crippen molar-refractivity contribution in [2.45, 2.75) is 40.0 Å². The van der Waals surface area contributed by atoms with Gasteiger partial charge in [0.15, 0.2) is 11.8 Å². The van der Waals surface area contributed by atoms with E-state index in [0.717, 1.165) is 45.2 Å². The summed E-state index contributed by atoms with van der Waals surface area (Å²) in [4.78, 5) is 13.9. The summed E-state index contributed by atoms with van der Waals surface area (Å²) in [6.45, 7) is 12.6. The van der Waals surface area contributed by atoms with Crippen molar-refractivity contribution in [3.8, 4) is 0 Å². The van der Waals surface area contributed by atoms with Crippen LogP contribution in [0.15, 0.2) is 39.8 Å². The van der Waals surface area contributed by atoms with E-state index in [2.05, 4.69) is 62.5 Å². The van der Waals surface area contributed by atoms with Crippen molar-refractivity contribution < 1.29 is 9.26 Å². The molecule has 1 atom stereocenters. The molecule has 1 N–H and O–H groups in total. The summed E-state index contributed by atoms with van der Waals surface area (Å²) in [5.41, 5.74) is 1.36. The minimum atomic E-state index is -0.174. The lowest BCUT2D eigenvalue weighted by Gasteiger charge is -2.36. The van der Waals surface area contributed by atoms with Crippen LogP contribution < -0.4 is 5.32 Å². The van der Waals surface area contributed by atoms with Crippen LogP contribution in [0.3, 0.4) is 0 Å². The summed E-state index contributed by atoms with van der Waals surface area (Å²) >= 11 is 0. The Balaban J connectivity index is 1.54. The Hall–Kier alpha value is -2.45. The molecule has 2 aromatic rings. The van der Waals surface area contributed by atoms with Crippen LogP contribution >= 0.6 is 0 Å². The fourth-order valence-corrected chi connectivity index (χ4v) is 3.35. The van der Waals surface area contributed by atoms with E-state index in [4.69, 9.17) is 14.3 Å². The van der Waals surface area contributed by atoms with Gasteiger partial charge in [0.25, 0.3) is 0 Å². The lowest BCUT2D eigenvalue weighted by atomic mass is 10.2. The predicted molar refractivity (Wildman–Crippen MR) is 112 cm³/mol. The molecule has 158 valence electrons. The number of nitrogens with one attached hydrogen (secondary N) is 1. The SMILES string of the molecule is CCNC(=NCc1nc(C(C)OCC)no1)N1CCN(Cc2ccccc2)CC1. The fraction of sp³-hybridized carbons (Fsp3) is 0.571. The summed E-state index contributed by atoms with van der Waals surface area (Å²) in [7, 11) is 0. The number of hydrogen-bond acceptors (Lipinski definition) is 6. The first-order chi connectivity index (χ1) is 14.2. The van der Waals surface area contributed by atoms with Crippen LogP contribution in [0, 0.1) is 0 Å². The molecule has 1 fully saturated rings. The third-order valence-corrected chi connectivity index (χ3v) is 4.88. The molecule has 0 amide bonds. The second kappa shape index (κ2) is 10.9. The molecule has 0 aliphatic carbocycles. The van der Waals surface area contributed by atoms with Gasteiger partial charge in [-0.3, -0.25) is 4.90 Å². The summed E-state index contributed by atoms with van der Waals surface area (Å²) in [5.74, 6) is 1.96. The van der Waals surface area contributed by atoms with Crippen LogP contribution in [0.1, 0.15) is 44.2 Å². The molecule has 1 aromatic carbocycles. The van der Waals surface area contributed by atoms with Gasteiger partial charge in [-0.1, -0.05) is 35.5 Å². The quantitative estimate of drug-likeness (QED) is 0.539. The van der Waals surface area contributed by atoms with Crippen LogP contribution in [-0.2, 0) is 17.8 Å². The van der Waals surface area contributed by atoms with Gasteiger partial charge in [-0.05, 0) is 26.3 Å². The normalized spacial score (nSPS) is 16.8. The van der Waals surface area contributed by atoms with Gasteiger partial charge in [0.1, 0.15) is 12.6 Å². The molecule has 0 spiro atoms. The molecule has 2 heterocycles. The summed E-state index contributed by atoms with van der Waals surface area (Å²) in [6.07, 6.45) is -0.174. The molecule has 0 bridgehead atoms. The van der Waals surface area contributed by atoms with Gasteiger partial charge in [-0.2, -0.15) is 4.98 Å². The smallest absolute Gasteiger partial charge is 0.248 e. The highest BCUT2D eigenvalue weighted by atomic mass is 16.5. The average Bonchev–Trinajstić information content (AvgIpc) is 3.22. The highest BCUT2D eigenvalue weighted by Gasteiger charge is 2.20. The van der Waals surface area contributed by atoms with E-state index in [1.54, 1.807) is 0 Å². The van der Waals surface area contributed by atoms with Gasteiger partial charge in [0.2, 0.25) is 5.89 Å². The number of benzene rings is 1. The third kappa shape index (κ3) is 6.27. The number of aliphatic imine (C=N–C) groups is 1. The van der Waals surface area contributed by atoms with E-state index in [9.17, 15) is 0 Å². The van der Waals surface area contributed by atoms with Gasteiger partial charge in [-0.15, -0.1) is 0 Å². The molecule has 1 unspecified atom stereocenters. The van der Waals surface area contributed by atoms with Crippen molar-refractivity contribution in [1.29, 1.82) is 0 Å². The first kappa shape index (κ1) is 21.3. The maximum absolute atomic E-state index is 5.51. The van der Waals surface area contributed by atoms with E-state index >= 15 is 0 Å². The molecule has 1 aliphatic heterocycles. The monoisotopic (exact) mass is 400 g/mol. The minimum absolute atomic E-state index is 0.174. The number of rotatable bonds is 8. The molecule has 1 aliphatic rings. The summed E-state index contributed by atoms with van der Waals surface area (Å²) in [6, 6.07) is 10.6. The number of piperazine rings is 1. The number of aromatic nitrogens is 2. The minimum Gasteiger partial charge on any atom is -0.371 e. The zero-order valence-electron chi connectivity index (χ0n) is 17.7. The fourth-order valence-electron chi connectivity index (χ4n) is 3.35. The highest BCUT2D eigenvalue weighted by molar-refractivity contribution is 5.80. The molecule has 0 saturated carbocycles. The van der Waals surface area contributed by atoms with E-state index in [1.165, 1.54) is 5.56 Å². The van der Waals surface area contributed by atoms with Crippen molar-refractivity contribution in [1.82, 2.24) is 25.3 Å². The van der Waals surface area contributed by atoms with Gasteiger partial charge in [0, 0.05) is 45.9 Å². The molecule has 1 saturated heterocycles. The molecule has 0 radical (unpaired) electrons. The maximum atomic E-state index is 5.51. The van der Waals surface area contributed by atoms with Crippen molar-refractivity contribution in [3.63, 3.8) is 0 Å². The predicted octanol–water partition coefficient (Wildman–Crippen LogP) is 2.45. The zero-order chi connectivity index (χ0) is 20.5. The Labute approximate surface area is 172 Å². The van der Waals surface area contributed by atoms with E-state index in [0.29, 0.717) is 24.9 Å². The molecule has 3 rings (SSSR count). The van der Waals surface area contributed by atoms with Gasteiger partial charge < -0.3 is 19.5 Å². The first-order valence-electron chi connectivity index (χ1n) is 10.4. The average molecular weight is 401 g/mol. The van der Waals surface area contributed by atoms with Crippen LogP contribution in [0.25, 0.3) is 0 Å². The molecule has 29 heavy (non-hydrogen) atoms. The Morgan fingerprint density at radius 2 is 1.97 bits per heavy atom. The third-order valence-electron chi connectivity index (χ3n) is 4.88. The molecule has 1 aromatic heterocycles. The lowest BCUT2D eigenvalue weighted by Crippen LogP contribution is -2.52. The van der Waals surface area contributed by atoms with E-state index in [-0.39, 0.29) is 6.10 Å². The van der Waals surface area contributed by atoms with Crippen molar-refractivity contribution >= 4 is 5.96 Å². The molecule has 8 nitrogen and oxygen atoms in total. The summed E-state index contributed by atoms with van der Waals surface area (Å²) < 4.78 is 10.8. The van der Waals surface area contributed by atoms with E-state index < -0.39 is 0 Å². The number of hydrogen-bond donors (Lipinski definition) is 1. The topological polar surface area (TPSA) is 79.0 Å². The second-order valence-electron chi connectivity index (χ2n) is 7.06. The number of guanidine groups is 1. The standard InChI is InChI=1S/C21H32N6O2/c1-4-22-21(23-15-19-24-20(25-29-19)17(3)28-5-2)27-13-11-26(12-14-27)16-18-9-7-6-8-10-18/h6-10,17H,4-5,11-16H2,1-3H3,(H,22,23). The number of nitrogens with zero attached hydrogens (tertiary/aromatic N) is 5. The van der Waals surface area contributed by atoms with Crippen molar-refractivity contribution in [2.24, 2.45) is 4.99 Å². The van der Waals surface area contributed by atoms with Gasteiger partial charge in [0.05, 0.1) is 0 Å². The van der Waals surface area contributed by atoms with Crippen molar-refractivity contribution in [2.75, 3.05) is 39.3 Å². The highest BCUT2D eigenvalue weighted by Crippen LogP contribution is 2.13. The van der Waals surface area contributed by atoms with Crippen LogP contribution in [0.5, 0.6) is 0 Å². The second-order valence-corrected chi connectivity index (χ2v) is 7.06. The Morgan fingerprint density at radius 1 is 1.21 bits per heavy atom. The maximum Gasteiger partial charge on any atom is 0.248 e. The van der Waals surface area contributed by atoms with Gasteiger partial charge >= 0.3 is 0 Å². The van der Waals surface area contributed by atoms with Crippen LogP contribution in [0.2, 0.25) is 0 Å². The van der Waals surface area contributed by atoms with Crippen molar-refractivity contribution in [3.05, 3.63) is 47.6 Å². The zero-order valence-corrected chi connectivity index (χ0v) is 17.7. The Bertz CT molecular complexity index is 756. The number of ether oxygens (including phenoxy) is 1. The van der Waals surface area contributed by atoms with Gasteiger partial charge in [-0.25, -0.2) is 4.99 Å². The van der Waals surface area contributed by atoms with Crippen LogP contribution in [0.4, 0.5) is 0 Å². The van der Waals surface area contributed by atoms with Crippen LogP contribution in [-0.4, -0.2) is 65.2 Å². The first-order valence-corrected chi connectivity index (χ1v) is 10.4. The largest absolute Gasteiger partial charge is 0.371 e. The summed E-state index contributed by atoms with van der Waals surface area (Å²) in [5, 5.41) is 7.38. The Kier molecular flexibility index (Phi) is 8.01. The molecular weight excluding hydrogens is 368 g/mol. The van der Waals surface area contributed by atoms with E-state index in [1.807, 2.05) is 13.8 Å².